The Morgan fingerprint density at radius 3 is 2.95 bits per heavy atom. The molecule has 0 unspecified atom stereocenters. The van der Waals surface area contributed by atoms with Crippen LogP contribution in [0.4, 0.5) is 5.82 Å². The van der Waals surface area contributed by atoms with Crippen LogP contribution in [0.5, 0.6) is 0 Å². The number of nitrogens with zero attached hydrogens (tertiary/aromatic N) is 4. The van der Waals surface area contributed by atoms with Crippen molar-refractivity contribution in [3.63, 3.8) is 0 Å². The summed E-state index contributed by atoms with van der Waals surface area (Å²) < 4.78 is 0. The van der Waals surface area contributed by atoms with Crippen LogP contribution in [-0.2, 0) is 4.79 Å². The fourth-order valence-electron chi connectivity index (χ4n) is 2.06. The van der Waals surface area contributed by atoms with Crippen LogP contribution in [0.2, 0.25) is 0 Å². The minimum Gasteiger partial charge on any atom is -0.369 e. The average molecular weight is 277 g/mol. The third-order valence-electron chi connectivity index (χ3n) is 3.17. The molecule has 0 aliphatic carbocycles. The van der Waals surface area contributed by atoms with Crippen LogP contribution in [0.15, 0.2) is 12.4 Å². The molecule has 108 valence electrons. The molecular weight excluding hydrogens is 258 g/mol. The lowest BCUT2D eigenvalue weighted by Gasteiger charge is -2.19. The van der Waals surface area contributed by atoms with Gasteiger partial charge in [-0.25, -0.2) is 4.98 Å². The largest absolute Gasteiger partial charge is 0.369 e. The maximum absolute atomic E-state index is 12.4. The van der Waals surface area contributed by atoms with Gasteiger partial charge in [0.15, 0.2) is 0 Å². The molecular formula is C13H19N5O2. The van der Waals surface area contributed by atoms with E-state index in [2.05, 4.69) is 15.3 Å². The van der Waals surface area contributed by atoms with Gasteiger partial charge in [-0.2, -0.15) is 0 Å². The predicted molar refractivity (Wildman–Crippen MR) is 74.4 cm³/mol. The molecule has 1 N–H and O–H groups in total. The Balaban J connectivity index is 2.13. The third-order valence-corrected chi connectivity index (χ3v) is 3.17. The smallest absolute Gasteiger partial charge is 0.274 e. The molecule has 1 fully saturated rings. The van der Waals surface area contributed by atoms with Crippen LogP contribution in [0.25, 0.3) is 0 Å². The van der Waals surface area contributed by atoms with E-state index in [1.807, 2.05) is 6.92 Å². The number of amides is 2. The highest BCUT2D eigenvalue weighted by atomic mass is 16.2. The molecule has 0 spiro atoms. The van der Waals surface area contributed by atoms with Crippen molar-refractivity contribution in [3.05, 3.63) is 18.1 Å². The van der Waals surface area contributed by atoms with E-state index in [0.29, 0.717) is 25.5 Å². The number of rotatable bonds is 3. The van der Waals surface area contributed by atoms with Crippen molar-refractivity contribution >= 4 is 17.6 Å². The molecule has 0 bridgehead atoms. The third kappa shape index (κ3) is 3.23. The average Bonchev–Trinajstić information content (AvgIpc) is 2.61. The highest BCUT2D eigenvalue weighted by Crippen LogP contribution is 2.09. The van der Waals surface area contributed by atoms with E-state index >= 15 is 0 Å². The SMILES string of the molecule is CCNc1cncc(C(=O)N2CCCN(C)C(=O)C2)n1. The summed E-state index contributed by atoms with van der Waals surface area (Å²) in [4.78, 5) is 35.6. The van der Waals surface area contributed by atoms with Crippen molar-refractivity contribution in [2.24, 2.45) is 0 Å². The van der Waals surface area contributed by atoms with E-state index in [4.69, 9.17) is 0 Å². The Morgan fingerprint density at radius 2 is 2.20 bits per heavy atom. The Kier molecular flexibility index (Phi) is 4.49. The van der Waals surface area contributed by atoms with Crippen molar-refractivity contribution in [1.29, 1.82) is 0 Å². The van der Waals surface area contributed by atoms with Gasteiger partial charge in [0.2, 0.25) is 5.91 Å². The highest BCUT2D eigenvalue weighted by molar-refractivity contribution is 5.95. The van der Waals surface area contributed by atoms with E-state index < -0.39 is 0 Å². The van der Waals surface area contributed by atoms with Crippen LogP contribution in [0, 0.1) is 0 Å². The summed E-state index contributed by atoms with van der Waals surface area (Å²) >= 11 is 0. The lowest BCUT2D eigenvalue weighted by molar-refractivity contribution is -0.129. The first-order valence-electron chi connectivity index (χ1n) is 6.71. The van der Waals surface area contributed by atoms with E-state index in [1.165, 1.54) is 11.1 Å². The number of anilines is 1. The van der Waals surface area contributed by atoms with Gasteiger partial charge in [-0.05, 0) is 13.3 Å². The summed E-state index contributed by atoms with van der Waals surface area (Å²) in [6, 6.07) is 0. The van der Waals surface area contributed by atoms with Gasteiger partial charge < -0.3 is 15.1 Å². The lowest BCUT2D eigenvalue weighted by atomic mass is 10.3. The minimum absolute atomic E-state index is 0.0494. The zero-order valence-corrected chi connectivity index (χ0v) is 11.8. The van der Waals surface area contributed by atoms with E-state index in [9.17, 15) is 9.59 Å². The van der Waals surface area contributed by atoms with E-state index in [-0.39, 0.29) is 24.1 Å². The Hall–Kier alpha value is -2.18. The van der Waals surface area contributed by atoms with Crippen molar-refractivity contribution in [2.45, 2.75) is 13.3 Å². The van der Waals surface area contributed by atoms with Crippen LogP contribution in [-0.4, -0.2) is 64.8 Å². The number of hydrogen-bond donors (Lipinski definition) is 1. The summed E-state index contributed by atoms with van der Waals surface area (Å²) in [5.41, 5.74) is 0.265. The maximum Gasteiger partial charge on any atom is 0.274 e. The molecule has 1 aromatic rings. The molecule has 1 aliphatic heterocycles. The van der Waals surface area contributed by atoms with Crippen LogP contribution >= 0.6 is 0 Å². The van der Waals surface area contributed by atoms with E-state index in [1.54, 1.807) is 18.1 Å². The molecule has 7 nitrogen and oxygen atoms in total. The second kappa shape index (κ2) is 6.31. The molecule has 0 atom stereocenters. The summed E-state index contributed by atoms with van der Waals surface area (Å²) in [7, 11) is 1.75. The van der Waals surface area contributed by atoms with Gasteiger partial charge >= 0.3 is 0 Å². The molecule has 1 aromatic heterocycles. The number of carbonyl (C=O) groups excluding carboxylic acids is 2. The van der Waals surface area contributed by atoms with Gasteiger partial charge in [0.05, 0.1) is 12.4 Å². The molecule has 1 saturated heterocycles. The minimum atomic E-state index is -0.249. The Bertz CT molecular complexity index is 505. The Labute approximate surface area is 118 Å². The van der Waals surface area contributed by atoms with Crippen LogP contribution in [0.3, 0.4) is 0 Å². The molecule has 1 aliphatic rings. The van der Waals surface area contributed by atoms with Gasteiger partial charge in [-0.1, -0.05) is 0 Å². The first-order valence-corrected chi connectivity index (χ1v) is 6.71. The van der Waals surface area contributed by atoms with Crippen molar-refractivity contribution < 1.29 is 9.59 Å². The first-order chi connectivity index (χ1) is 9.61. The van der Waals surface area contributed by atoms with Gasteiger partial charge in [0.25, 0.3) is 5.91 Å². The van der Waals surface area contributed by atoms with Gasteiger partial charge in [0.1, 0.15) is 18.1 Å². The van der Waals surface area contributed by atoms with E-state index in [0.717, 1.165) is 6.42 Å². The molecule has 0 saturated carbocycles. The maximum atomic E-state index is 12.4. The first kappa shape index (κ1) is 14.2. The summed E-state index contributed by atoms with van der Waals surface area (Å²) in [6.45, 7) is 3.98. The van der Waals surface area contributed by atoms with Gasteiger partial charge in [-0.15, -0.1) is 0 Å². The molecule has 2 rings (SSSR count). The zero-order chi connectivity index (χ0) is 14.5. The molecule has 20 heavy (non-hydrogen) atoms. The summed E-state index contributed by atoms with van der Waals surface area (Å²) in [5, 5.41) is 3.01. The fraction of sp³-hybridized carbons (Fsp3) is 0.538. The second-order valence-electron chi connectivity index (χ2n) is 4.72. The van der Waals surface area contributed by atoms with Crippen LogP contribution < -0.4 is 5.32 Å². The molecule has 0 radical (unpaired) electrons. The zero-order valence-electron chi connectivity index (χ0n) is 11.8. The number of aromatic nitrogens is 2. The van der Waals surface area contributed by atoms with Crippen LogP contribution in [0.1, 0.15) is 23.8 Å². The lowest BCUT2D eigenvalue weighted by Crippen LogP contribution is -2.38. The number of nitrogens with one attached hydrogen (secondary N) is 1. The number of likely N-dealkylation sites (N-methyl/N-ethyl adjacent to an activating group) is 1. The Morgan fingerprint density at radius 1 is 1.40 bits per heavy atom. The summed E-state index contributed by atoms with van der Waals surface area (Å²) in [6.07, 6.45) is 3.78. The molecule has 2 amide bonds. The second-order valence-corrected chi connectivity index (χ2v) is 4.72. The normalized spacial score (nSPS) is 16.0. The van der Waals surface area contributed by atoms with Crippen molar-refractivity contribution in [2.75, 3.05) is 38.5 Å². The quantitative estimate of drug-likeness (QED) is 0.854. The highest BCUT2D eigenvalue weighted by Gasteiger charge is 2.24. The molecule has 0 aromatic carbocycles. The van der Waals surface area contributed by atoms with Crippen molar-refractivity contribution in [3.8, 4) is 0 Å². The fourth-order valence-corrected chi connectivity index (χ4v) is 2.06. The standard InChI is InChI=1S/C13H19N5O2/c1-3-15-11-8-14-7-10(16-11)13(20)18-6-4-5-17(2)12(19)9-18/h7-8H,3-6,9H2,1-2H3,(H,15,16). The topological polar surface area (TPSA) is 78.4 Å². The molecule has 7 heteroatoms. The van der Waals surface area contributed by atoms with Gasteiger partial charge in [-0.3, -0.25) is 14.6 Å². The number of hydrogen-bond acceptors (Lipinski definition) is 5. The molecule has 2 heterocycles. The van der Waals surface area contributed by atoms with Crippen molar-refractivity contribution in [1.82, 2.24) is 19.8 Å². The van der Waals surface area contributed by atoms with Gasteiger partial charge in [0, 0.05) is 26.7 Å². The predicted octanol–water partition coefficient (Wildman–Crippen LogP) is 0.213. The monoisotopic (exact) mass is 277 g/mol. The summed E-state index contributed by atoms with van der Waals surface area (Å²) in [5.74, 6) is 0.268. The number of carbonyl (C=O) groups is 2.